The minimum absolute atomic E-state index is 0.0209. The van der Waals surface area contributed by atoms with Crippen molar-refractivity contribution in [2.75, 3.05) is 25.1 Å². The van der Waals surface area contributed by atoms with Gasteiger partial charge in [0.05, 0.1) is 11.5 Å². The number of anilines is 1. The molecule has 1 unspecified atom stereocenters. The molecule has 1 rings (SSSR count). The molecular formula is C14H22N2O4. The zero-order valence-electron chi connectivity index (χ0n) is 12.0. The van der Waals surface area contributed by atoms with Crippen molar-refractivity contribution in [2.24, 2.45) is 5.92 Å². The largest absolute Gasteiger partial charge is 0.487 e. The first kappa shape index (κ1) is 16.2. The SMILES string of the molecule is CCCOc1cc(NCC(C)CCO)ccc1[N+](=O)[O-]. The summed E-state index contributed by atoms with van der Waals surface area (Å²) in [7, 11) is 0. The summed E-state index contributed by atoms with van der Waals surface area (Å²) < 4.78 is 5.42. The number of benzene rings is 1. The summed E-state index contributed by atoms with van der Waals surface area (Å²) in [5.41, 5.74) is 0.763. The van der Waals surface area contributed by atoms with Crippen molar-refractivity contribution in [3.05, 3.63) is 28.3 Å². The Morgan fingerprint density at radius 1 is 1.50 bits per heavy atom. The fourth-order valence-corrected chi connectivity index (χ4v) is 1.72. The van der Waals surface area contributed by atoms with Gasteiger partial charge in [-0.25, -0.2) is 0 Å². The van der Waals surface area contributed by atoms with Gasteiger partial charge in [-0.15, -0.1) is 0 Å². The van der Waals surface area contributed by atoms with Gasteiger partial charge in [0.25, 0.3) is 0 Å². The molecule has 2 N–H and O–H groups in total. The maximum Gasteiger partial charge on any atom is 0.311 e. The Kier molecular flexibility index (Phi) is 6.79. The number of ether oxygens (including phenoxy) is 1. The number of aliphatic hydroxyl groups is 1. The first-order valence-electron chi connectivity index (χ1n) is 6.84. The van der Waals surface area contributed by atoms with Crippen molar-refractivity contribution in [1.29, 1.82) is 0 Å². The number of nitro groups is 1. The Hall–Kier alpha value is -1.82. The van der Waals surface area contributed by atoms with Gasteiger partial charge in [-0.1, -0.05) is 13.8 Å². The van der Waals surface area contributed by atoms with Crippen LogP contribution in [0.3, 0.4) is 0 Å². The van der Waals surface area contributed by atoms with Gasteiger partial charge in [-0.05, 0) is 24.8 Å². The second-order valence-corrected chi connectivity index (χ2v) is 4.79. The van der Waals surface area contributed by atoms with Gasteiger partial charge >= 0.3 is 5.69 Å². The predicted octanol–water partition coefficient (Wildman–Crippen LogP) is 2.81. The topological polar surface area (TPSA) is 84.6 Å². The van der Waals surface area contributed by atoms with Gasteiger partial charge in [0.15, 0.2) is 5.75 Å². The number of hydrogen-bond donors (Lipinski definition) is 2. The minimum Gasteiger partial charge on any atom is -0.487 e. The number of nitrogens with one attached hydrogen (secondary N) is 1. The molecule has 0 spiro atoms. The fourth-order valence-electron chi connectivity index (χ4n) is 1.72. The van der Waals surface area contributed by atoms with Crippen LogP contribution in [0.25, 0.3) is 0 Å². The van der Waals surface area contributed by atoms with E-state index in [1.54, 1.807) is 12.1 Å². The molecule has 1 atom stereocenters. The zero-order chi connectivity index (χ0) is 15.0. The summed E-state index contributed by atoms with van der Waals surface area (Å²) in [6.45, 7) is 5.29. The Balaban J connectivity index is 2.75. The van der Waals surface area contributed by atoms with E-state index in [-0.39, 0.29) is 18.0 Å². The van der Waals surface area contributed by atoms with E-state index in [2.05, 4.69) is 5.32 Å². The molecule has 1 aromatic carbocycles. The third-order valence-electron chi connectivity index (χ3n) is 2.89. The second kappa shape index (κ2) is 8.37. The van der Waals surface area contributed by atoms with Crippen LogP contribution in [0.2, 0.25) is 0 Å². The average Bonchev–Trinajstić information content (AvgIpc) is 2.43. The Morgan fingerprint density at radius 3 is 2.85 bits per heavy atom. The van der Waals surface area contributed by atoms with E-state index in [1.165, 1.54) is 6.07 Å². The maximum absolute atomic E-state index is 10.9. The highest BCUT2D eigenvalue weighted by Gasteiger charge is 2.15. The summed E-state index contributed by atoms with van der Waals surface area (Å²) >= 11 is 0. The lowest BCUT2D eigenvalue weighted by Crippen LogP contribution is -2.12. The predicted molar refractivity (Wildman–Crippen MR) is 78.2 cm³/mol. The van der Waals surface area contributed by atoms with Crippen LogP contribution in [0.5, 0.6) is 5.75 Å². The van der Waals surface area contributed by atoms with Crippen LogP contribution in [-0.2, 0) is 0 Å². The molecule has 0 aliphatic carbocycles. The number of rotatable bonds is 9. The number of nitrogens with zero attached hydrogens (tertiary/aromatic N) is 1. The smallest absolute Gasteiger partial charge is 0.311 e. The summed E-state index contributed by atoms with van der Waals surface area (Å²) in [5.74, 6) is 0.617. The molecular weight excluding hydrogens is 260 g/mol. The highest BCUT2D eigenvalue weighted by molar-refractivity contribution is 5.58. The van der Waals surface area contributed by atoms with Gasteiger partial charge in [-0.2, -0.15) is 0 Å². The molecule has 0 saturated heterocycles. The molecule has 0 radical (unpaired) electrons. The summed E-state index contributed by atoms with van der Waals surface area (Å²) in [6.07, 6.45) is 1.52. The van der Waals surface area contributed by atoms with Crippen molar-refractivity contribution < 1.29 is 14.8 Å². The molecule has 0 bridgehead atoms. The van der Waals surface area contributed by atoms with Crippen LogP contribution in [-0.4, -0.2) is 29.8 Å². The molecule has 0 aliphatic rings. The molecule has 0 amide bonds. The Morgan fingerprint density at radius 2 is 2.25 bits per heavy atom. The average molecular weight is 282 g/mol. The van der Waals surface area contributed by atoms with Gasteiger partial charge < -0.3 is 15.2 Å². The summed E-state index contributed by atoms with van der Waals surface area (Å²) in [4.78, 5) is 10.5. The first-order valence-corrected chi connectivity index (χ1v) is 6.84. The van der Waals surface area contributed by atoms with Crippen molar-refractivity contribution in [3.8, 4) is 5.75 Å². The lowest BCUT2D eigenvalue weighted by atomic mass is 10.1. The van der Waals surface area contributed by atoms with Crippen molar-refractivity contribution in [3.63, 3.8) is 0 Å². The third kappa shape index (κ3) is 5.05. The highest BCUT2D eigenvalue weighted by atomic mass is 16.6. The van der Waals surface area contributed by atoms with Gasteiger partial charge in [0, 0.05) is 31.0 Å². The molecule has 20 heavy (non-hydrogen) atoms. The number of nitro benzene ring substituents is 1. The van der Waals surface area contributed by atoms with Crippen LogP contribution in [0.1, 0.15) is 26.7 Å². The molecule has 0 heterocycles. The highest BCUT2D eigenvalue weighted by Crippen LogP contribution is 2.30. The normalized spacial score (nSPS) is 11.9. The van der Waals surface area contributed by atoms with Crippen LogP contribution in [0.15, 0.2) is 18.2 Å². The molecule has 6 nitrogen and oxygen atoms in total. The molecule has 112 valence electrons. The van der Waals surface area contributed by atoms with Crippen molar-refractivity contribution in [2.45, 2.75) is 26.7 Å². The van der Waals surface area contributed by atoms with E-state index in [9.17, 15) is 10.1 Å². The monoisotopic (exact) mass is 282 g/mol. The Bertz CT molecular complexity index is 437. The van der Waals surface area contributed by atoms with E-state index < -0.39 is 4.92 Å². The van der Waals surface area contributed by atoms with E-state index in [0.717, 1.165) is 18.5 Å². The van der Waals surface area contributed by atoms with E-state index in [4.69, 9.17) is 9.84 Å². The van der Waals surface area contributed by atoms with Gasteiger partial charge in [0.2, 0.25) is 0 Å². The molecule has 0 aliphatic heterocycles. The van der Waals surface area contributed by atoms with E-state index in [1.807, 2.05) is 13.8 Å². The standard InChI is InChI=1S/C14H22N2O4/c1-3-8-20-14-9-12(4-5-13(14)16(18)19)15-10-11(2)6-7-17/h4-5,9,11,15,17H,3,6-8,10H2,1-2H3. The molecule has 6 heteroatoms. The summed E-state index contributed by atoms with van der Waals surface area (Å²) in [5, 5.41) is 23.0. The number of hydrogen-bond acceptors (Lipinski definition) is 5. The van der Waals surface area contributed by atoms with Crippen molar-refractivity contribution >= 4 is 11.4 Å². The van der Waals surface area contributed by atoms with Crippen LogP contribution >= 0.6 is 0 Å². The maximum atomic E-state index is 10.9. The Labute approximate surface area is 118 Å². The van der Waals surface area contributed by atoms with E-state index >= 15 is 0 Å². The van der Waals surface area contributed by atoms with Crippen LogP contribution in [0.4, 0.5) is 11.4 Å². The first-order chi connectivity index (χ1) is 9.58. The molecule has 1 aromatic rings. The summed E-state index contributed by atoms with van der Waals surface area (Å²) in [6, 6.07) is 4.77. The van der Waals surface area contributed by atoms with Crippen LogP contribution < -0.4 is 10.1 Å². The van der Waals surface area contributed by atoms with Crippen LogP contribution in [0, 0.1) is 16.0 Å². The number of aliphatic hydroxyl groups excluding tert-OH is 1. The van der Waals surface area contributed by atoms with Crippen molar-refractivity contribution in [1.82, 2.24) is 0 Å². The molecule has 0 aromatic heterocycles. The van der Waals surface area contributed by atoms with E-state index in [0.29, 0.717) is 19.1 Å². The zero-order valence-corrected chi connectivity index (χ0v) is 12.0. The molecule has 0 saturated carbocycles. The van der Waals surface area contributed by atoms with Gasteiger partial charge in [0.1, 0.15) is 0 Å². The quantitative estimate of drug-likeness (QED) is 0.537. The lowest BCUT2D eigenvalue weighted by molar-refractivity contribution is -0.385. The van der Waals surface area contributed by atoms with Gasteiger partial charge in [-0.3, -0.25) is 10.1 Å². The lowest BCUT2D eigenvalue weighted by Gasteiger charge is -2.13. The molecule has 0 fully saturated rings. The minimum atomic E-state index is -0.441. The fraction of sp³-hybridized carbons (Fsp3) is 0.571. The second-order valence-electron chi connectivity index (χ2n) is 4.79. The third-order valence-corrected chi connectivity index (χ3v) is 2.89.